The lowest BCUT2D eigenvalue weighted by molar-refractivity contribution is -0.384. The first kappa shape index (κ1) is 12.7. The highest BCUT2D eigenvalue weighted by Gasteiger charge is 2.23. The lowest BCUT2D eigenvalue weighted by Gasteiger charge is -2.08. The Morgan fingerprint density at radius 3 is 2.71 bits per heavy atom. The molecule has 0 saturated heterocycles. The van der Waals surface area contributed by atoms with Crippen LogP contribution in [0.3, 0.4) is 0 Å². The van der Waals surface area contributed by atoms with Crippen LogP contribution < -0.4 is 5.32 Å². The molecule has 17 heavy (non-hydrogen) atoms. The minimum atomic E-state index is -1.32. The van der Waals surface area contributed by atoms with E-state index >= 15 is 0 Å². The summed E-state index contributed by atoms with van der Waals surface area (Å²) in [5.74, 6) is -1.32. The molecule has 0 aromatic heterocycles. The van der Waals surface area contributed by atoms with Gasteiger partial charge in [0.25, 0.3) is 0 Å². The van der Waals surface area contributed by atoms with Crippen molar-refractivity contribution in [1.29, 1.82) is 0 Å². The van der Waals surface area contributed by atoms with E-state index in [1.165, 1.54) is 18.2 Å². The number of nitrogens with zero attached hydrogens (tertiary/aromatic N) is 1. The molecule has 0 aliphatic rings. The summed E-state index contributed by atoms with van der Waals surface area (Å²) in [6, 6.07) is 4.12. The number of aromatic carboxylic acids is 1. The van der Waals surface area contributed by atoms with Gasteiger partial charge >= 0.3 is 11.7 Å². The molecule has 1 rings (SSSR count). The normalized spacial score (nSPS) is 9.71. The lowest BCUT2D eigenvalue weighted by atomic mass is 10.1. The van der Waals surface area contributed by atoms with Gasteiger partial charge in [-0.2, -0.15) is 0 Å². The molecule has 6 heteroatoms. The van der Waals surface area contributed by atoms with E-state index in [1.807, 2.05) is 0 Å². The lowest BCUT2D eigenvalue weighted by Crippen LogP contribution is -2.09. The Hall–Kier alpha value is -2.37. The van der Waals surface area contributed by atoms with E-state index in [0.717, 1.165) is 5.57 Å². The summed E-state index contributed by atoms with van der Waals surface area (Å²) in [6.07, 6.45) is 0. The second kappa shape index (κ2) is 5.11. The van der Waals surface area contributed by atoms with Gasteiger partial charge in [-0.1, -0.05) is 18.2 Å². The minimum absolute atomic E-state index is 0.179. The van der Waals surface area contributed by atoms with Gasteiger partial charge in [-0.05, 0) is 19.1 Å². The molecule has 6 nitrogen and oxygen atoms in total. The van der Waals surface area contributed by atoms with E-state index in [2.05, 4.69) is 11.9 Å². The predicted molar refractivity (Wildman–Crippen MR) is 63.4 cm³/mol. The number of rotatable bonds is 5. The topological polar surface area (TPSA) is 92.5 Å². The van der Waals surface area contributed by atoms with Crippen molar-refractivity contribution in [2.24, 2.45) is 0 Å². The third-order valence-electron chi connectivity index (χ3n) is 2.03. The fourth-order valence-electron chi connectivity index (χ4n) is 1.30. The number of para-hydroxylation sites is 1. The fraction of sp³-hybridized carbons (Fsp3) is 0.182. The number of nitro groups is 1. The van der Waals surface area contributed by atoms with Crippen LogP contribution in [0.1, 0.15) is 17.3 Å². The molecule has 90 valence electrons. The Labute approximate surface area is 97.7 Å². The van der Waals surface area contributed by atoms with Crippen LogP contribution >= 0.6 is 0 Å². The van der Waals surface area contributed by atoms with Crippen molar-refractivity contribution in [1.82, 2.24) is 0 Å². The summed E-state index contributed by atoms with van der Waals surface area (Å²) in [5, 5.41) is 22.5. The van der Waals surface area contributed by atoms with E-state index in [0.29, 0.717) is 6.54 Å². The Bertz CT molecular complexity index is 482. The van der Waals surface area contributed by atoms with Crippen molar-refractivity contribution < 1.29 is 14.8 Å². The molecule has 0 heterocycles. The number of carboxylic acids is 1. The molecule has 0 radical (unpaired) electrons. The number of nitrogens with one attached hydrogen (secondary N) is 1. The van der Waals surface area contributed by atoms with Gasteiger partial charge in [-0.25, -0.2) is 4.79 Å². The van der Waals surface area contributed by atoms with E-state index in [1.54, 1.807) is 6.92 Å². The van der Waals surface area contributed by atoms with Crippen molar-refractivity contribution in [3.05, 3.63) is 46.0 Å². The number of hydrogen-bond acceptors (Lipinski definition) is 4. The molecule has 0 unspecified atom stereocenters. The maximum absolute atomic E-state index is 10.9. The summed E-state index contributed by atoms with van der Waals surface area (Å²) in [4.78, 5) is 21.0. The quantitative estimate of drug-likeness (QED) is 0.464. The highest BCUT2D eigenvalue weighted by molar-refractivity contribution is 5.95. The third kappa shape index (κ3) is 3.04. The van der Waals surface area contributed by atoms with Crippen LogP contribution in [-0.4, -0.2) is 22.5 Å². The van der Waals surface area contributed by atoms with E-state index in [4.69, 9.17) is 5.11 Å². The summed E-state index contributed by atoms with van der Waals surface area (Å²) >= 11 is 0. The van der Waals surface area contributed by atoms with E-state index in [9.17, 15) is 14.9 Å². The second-order valence-electron chi connectivity index (χ2n) is 3.57. The molecule has 0 atom stereocenters. The predicted octanol–water partition coefficient (Wildman–Crippen LogP) is 2.28. The zero-order chi connectivity index (χ0) is 13.0. The zero-order valence-electron chi connectivity index (χ0n) is 9.27. The largest absolute Gasteiger partial charge is 0.477 e. The summed E-state index contributed by atoms with van der Waals surface area (Å²) in [6.45, 7) is 5.77. The Kier molecular flexibility index (Phi) is 3.82. The first-order valence-electron chi connectivity index (χ1n) is 4.82. The van der Waals surface area contributed by atoms with Crippen molar-refractivity contribution in [2.75, 3.05) is 11.9 Å². The SMILES string of the molecule is C=C(C)CNc1cccc(C(=O)O)c1[N+](=O)[O-]. The number of hydrogen-bond donors (Lipinski definition) is 2. The van der Waals surface area contributed by atoms with Crippen LogP contribution in [0, 0.1) is 10.1 Å². The molecule has 0 bridgehead atoms. The summed E-state index contributed by atoms with van der Waals surface area (Å²) < 4.78 is 0. The van der Waals surface area contributed by atoms with Crippen LogP contribution in [0.15, 0.2) is 30.4 Å². The fourth-order valence-corrected chi connectivity index (χ4v) is 1.30. The van der Waals surface area contributed by atoms with Gasteiger partial charge in [0.15, 0.2) is 0 Å². The van der Waals surface area contributed by atoms with Crippen molar-refractivity contribution in [3.63, 3.8) is 0 Å². The molecule has 0 amide bonds. The van der Waals surface area contributed by atoms with Crippen molar-refractivity contribution >= 4 is 17.3 Å². The highest BCUT2D eigenvalue weighted by atomic mass is 16.6. The molecule has 2 N–H and O–H groups in total. The summed E-state index contributed by atoms with van der Waals surface area (Å²) in [5.41, 5.74) is 0.209. The molecular weight excluding hydrogens is 224 g/mol. The smallest absolute Gasteiger partial charge is 0.342 e. The van der Waals surface area contributed by atoms with Crippen LogP contribution in [0.4, 0.5) is 11.4 Å². The van der Waals surface area contributed by atoms with Gasteiger partial charge in [0.05, 0.1) is 4.92 Å². The van der Waals surface area contributed by atoms with Gasteiger partial charge in [0, 0.05) is 6.54 Å². The first-order valence-corrected chi connectivity index (χ1v) is 4.82. The Morgan fingerprint density at radius 1 is 1.59 bits per heavy atom. The second-order valence-corrected chi connectivity index (χ2v) is 3.57. The number of carbonyl (C=O) groups is 1. The molecule has 0 spiro atoms. The summed E-state index contributed by atoms with van der Waals surface area (Å²) in [7, 11) is 0. The van der Waals surface area contributed by atoms with Gasteiger partial charge < -0.3 is 10.4 Å². The third-order valence-corrected chi connectivity index (χ3v) is 2.03. The van der Waals surface area contributed by atoms with E-state index in [-0.39, 0.29) is 11.3 Å². The number of benzene rings is 1. The van der Waals surface area contributed by atoms with Crippen molar-refractivity contribution in [3.8, 4) is 0 Å². The minimum Gasteiger partial charge on any atom is -0.477 e. The van der Waals surface area contributed by atoms with E-state index < -0.39 is 16.6 Å². The number of carboxylic acid groups (broad SMARTS) is 1. The maximum atomic E-state index is 10.9. The average molecular weight is 236 g/mol. The monoisotopic (exact) mass is 236 g/mol. The number of nitro benzene ring substituents is 1. The average Bonchev–Trinajstić information content (AvgIpc) is 2.25. The van der Waals surface area contributed by atoms with Crippen LogP contribution in [0.25, 0.3) is 0 Å². The first-order chi connectivity index (χ1) is 7.93. The van der Waals surface area contributed by atoms with Crippen LogP contribution in [0.2, 0.25) is 0 Å². The molecule has 0 fully saturated rings. The Balaban J connectivity index is 3.20. The molecule has 1 aromatic rings. The van der Waals surface area contributed by atoms with Crippen LogP contribution in [0.5, 0.6) is 0 Å². The maximum Gasteiger partial charge on any atom is 0.342 e. The molecular formula is C11H12N2O4. The zero-order valence-corrected chi connectivity index (χ0v) is 9.27. The Morgan fingerprint density at radius 2 is 2.24 bits per heavy atom. The van der Waals surface area contributed by atoms with Gasteiger partial charge in [-0.3, -0.25) is 10.1 Å². The standard InChI is InChI=1S/C11H12N2O4/c1-7(2)6-12-9-5-3-4-8(11(14)15)10(9)13(16)17/h3-5,12H,1,6H2,2H3,(H,14,15). The van der Waals surface area contributed by atoms with Crippen molar-refractivity contribution in [2.45, 2.75) is 6.92 Å². The van der Waals surface area contributed by atoms with Gasteiger partial charge in [0.1, 0.15) is 11.3 Å². The molecule has 0 aliphatic carbocycles. The van der Waals surface area contributed by atoms with Gasteiger partial charge in [0.2, 0.25) is 0 Å². The highest BCUT2D eigenvalue weighted by Crippen LogP contribution is 2.28. The van der Waals surface area contributed by atoms with Crippen LogP contribution in [-0.2, 0) is 0 Å². The molecule has 0 saturated carbocycles. The number of anilines is 1. The molecule has 0 aliphatic heterocycles. The molecule has 1 aromatic carbocycles. The van der Waals surface area contributed by atoms with Gasteiger partial charge in [-0.15, -0.1) is 0 Å².